The molecule has 1 aromatic carbocycles. The predicted octanol–water partition coefficient (Wildman–Crippen LogP) is 3.86. The monoisotopic (exact) mass is 335 g/mol. The van der Waals surface area contributed by atoms with Gasteiger partial charge in [0.1, 0.15) is 5.01 Å². The average molecular weight is 336 g/mol. The molecule has 22 heavy (non-hydrogen) atoms. The van der Waals surface area contributed by atoms with Crippen molar-refractivity contribution in [3.8, 4) is 11.3 Å². The van der Waals surface area contributed by atoms with E-state index in [0.717, 1.165) is 16.3 Å². The van der Waals surface area contributed by atoms with Crippen molar-refractivity contribution in [1.82, 2.24) is 4.98 Å². The molecule has 0 amide bonds. The van der Waals surface area contributed by atoms with Crippen molar-refractivity contribution in [2.45, 2.75) is 51.9 Å². The quantitative estimate of drug-likeness (QED) is 0.844. The van der Waals surface area contributed by atoms with E-state index >= 15 is 0 Å². The first-order chi connectivity index (χ1) is 10.2. The van der Waals surface area contributed by atoms with Gasteiger partial charge >= 0.3 is 0 Å². The van der Waals surface area contributed by atoms with Crippen LogP contribution in [0.5, 0.6) is 0 Å². The Morgan fingerprint density at radius 1 is 1.14 bits per heavy atom. The largest absolute Gasteiger partial charge is 0.415 e. The van der Waals surface area contributed by atoms with E-state index in [1.54, 1.807) is 0 Å². The lowest BCUT2D eigenvalue weighted by atomic mass is 9.97. The second-order valence-corrected chi connectivity index (χ2v) is 10.9. The minimum absolute atomic E-state index is 0.00104. The fourth-order valence-corrected chi connectivity index (χ4v) is 3.66. The van der Waals surface area contributed by atoms with Gasteiger partial charge in [0.2, 0.25) is 0 Å². The van der Waals surface area contributed by atoms with Crippen molar-refractivity contribution in [2.75, 3.05) is 0 Å². The number of nitrogens with zero attached hydrogens (tertiary/aromatic N) is 1. The third kappa shape index (κ3) is 4.49. The van der Waals surface area contributed by atoms with Crippen molar-refractivity contribution in [3.05, 3.63) is 40.2 Å². The fraction of sp³-hybridized carbons (Fsp3) is 0.471. The van der Waals surface area contributed by atoms with Crippen LogP contribution in [0.25, 0.3) is 11.3 Å². The first kappa shape index (κ1) is 17.3. The number of benzene rings is 1. The highest BCUT2D eigenvalue weighted by Gasteiger charge is 2.24. The Hall–Kier alpha value is -1.01. The normalized spacial score (nSPS) is 13.2. The first-order valence-electron chi connectivity index (χ1n) is 7.51. The zero-order chi connectivity index (χ0) is 16.4. The Kier molecular flexibility index (Phi) is 5.22. The topological polar surface area (TPSA) is 42.4 Å². The lowest BCUT2D eigenvalue weighted by Gasteiger charge is -2.30. The van der Waals surface area contributed by atoms with E-state index in [-0.39, 0.29) is 12.2 Å². The molecule has 0 radical (unpaired) electrons. The van der Waals surface area contributed by atoms with Gasteiger partial charge in [-0.1, -0.05) is 45.0 Å². The highest BCUT2D eigenvalue weighted by molar-refractivity contribution is 7.09. The highest BCUT2D eigenvalue weighted by atomic mass is 32.1. The molecule has 0 atom stereocenters. The van der Waals surface area contributed by atoms with Crippen LogP contribution in [-0.2, 0) is 16.6 Å². The predicted molar refractivity (Wildman–Crippen MR) is 95.8 cm³/mol. The number of aliphatic hydroxyl groups excluding tert-OH is 1. The van der Waals surface area contributed by atoms with Crippen LogP contribution in [0.15, 0.2) is 29.6 Å². The Balaban J connectivity index is 2.13. The molecule has 0 aliphatic carbocycles. The van der Waals surface area contributed by atoms with E-state index in [2.05, 4.69) is 63.9 Å². The fourth-order valence-electron chi connectivity index (χ4n) is 2.04. The SMILES string of the molecule is CC(C)(C)[SiH2]OC(C)(C)c1ccc(-c2csc(CO)n2)cc1. The van der Waals surface area contributed by atoms with Crippen LogP contribution in [0.4, 0.5) is 0 Å². The number of aliphatic hydroxyl groups is 1. The van der Waals surface area contributed by atoms with Gasteiger partial charge in [0.05, 0.1) is 17.9 Å². The second-order valence-electron chi connectivity index (χ2n) is 7.22. The van der Waals surface area contributed by atoms with Crippen LogP contribution in [-0.4, -0.2) is 19.9 Å². The summed E-state index contributed by atoms with van der Waals surface area (Å²) in [6.07, 6.45) is 0. The molecule has 2 rings (SSSR count). The Morgan fingerprint density at radius 2 is 1.77 bits per heavy atom. The molecule has 5 heteroatoms. The van der Waals surface area contributed by atoms with Crippen molar-refractivity contribution in [3.63, 3.8) is 0 Å². The number of thiazole rings is 1. The van der Waals surface area contributed by atoms with E-state index in [1.165, 1.54) is 16.9 Å². The van der Waals surface area contributed by atoms with E-state index < -0.39 is 9.76 Å². The average Bonchev–Trinajstić information content (AvgIpc) is 2.94. The summed E-state index contributed by atoms with van der Waals surface area (Å²) in [6, 6.07) is 8.39. The summed E-state index contributed by atoms with van der Waals surface area (Å²) in [6.45, 7) is 11.0. The molecule has 1 N–H and O–H groups in total. The van der Waals surface area contributed by atoms with Gasteiger partial charge in [-0.05, 0) is 24.4 Å². The van der Waals surface area contributed by atoms with Crippen molar-refractivity contribution < 1.29 is 9.53 Å². The molecular weight excluding hydrogens is 310 g/mol. The Bertz CT molecular complexity index is 614. The van der Waals surface area contributed by atoms with Gasteiger partial charge in [0.15, 0.2) is 9.76 Å². The minimum Gasteiger partial charge on any atom is -0.415 e. The molecule has 0 bridgehead atoms. The van der Waals surface area contributed by atoms with Crippen LogP contribution in [0, 0.1) is 0 Å². The Labute approximate surface area is 139 Å². The molecule has 1 heterocycles. The molecule has 0 aliphatic rings. The van der Waals surface area contributed by atoms with Gasteiger partial charge in [0, 0.05) is 10.9 Å². The summed E-state index contributed by atoms with van der Waals surface area (Å²) >= 11 is 1.48. The molecule has 0 unspecified atom stereocenters. The van der Waals surface area contributed by atoms with Crippen LogP contribution in [0.2, 0.25) is 5.04 Å². The van der Waals surface area contributed by atoms with Crippen LogP contribution in [0.3, 0.4) is 0 Å². The number of rotatable bonds is 5. The van der Waals surface area contributed by atoms with Gasteiger partial charge in [0.25, 0.3) is 0 Å². The zero-order valence-corrected chi connectivity index (χ0v) is 16.2. The number of aromatic nitrogens is 1. The highest BCUT2D eigenvalue weighted by Crippen LogP contribution is 2.31. The molecular formula is C17H25NO2SSi. The maximum Gasteiger partial charge on any atom is 0.168 e. The van der Waals surface area contributed by atoms with Crippen LogP contribution in [0.1, 0.15) is 45.2 Å². The summed E-state index contributed by atoms with van der Waals surface area (Å²) in [5, 5.41) is 12.1. The smallest absolute Gasteiger partial charge is 0.168 e. The summed E-state index contributed by atoms with van der Waals surface area (Å²) in [5.74, 6) is 0. The number of hydrogen-bond donors (Lipinski definition) is 1. The maximum absolute atomic E-state index is 9.11. The molecule has 3 nitrogen and oxygen atoms in total. The molecule has 0 saturated carbocycles. The molecule has 0 spiro atoms. The number of hydrogen-bond acceptors (Lipinski definition) is 4. The van der Waals surface area contributed by atoms with E-state index in [9.17, 15) is 0 Å². The summed E-state index contributed by atoms with van der Waals surface area (Å²) < 4.78 is 6.24. The van der Waals surface area contributed by atoms with Gasteiger partial charge in [-0.15, -0.1) is 11.3 Å². The zero-order valence-electron chi connectivity index (χ0n) is 14.0. The molecule has 0 aliphatic heterocycles. The third-order valence-corrected chi connectivity index (χ3v) is 5.99. The van der Waals surface area contributed by atoms with Gasteiger partial charge in [-0.2, -0.15) is 0 Å². The summed E-state index contributed by atoms with van der Waals surface area (Å²) in [7, 11) is -0.597. The summed E-state index contributed by atoms with van der Waals surface area (Å²) in [4.78, 5) is 4.40. The maximum atomic E-state index is 9.11. The van der Waals surface area contributed by atoms with E-state index in [0.29, 0.717) is 5.04 Å². The minimum atomic E-state index is -0.597. The van der Waals surface area contributed by atoms with Crippen LogP contribution < -0.4 is 0 Å². The van der Waals surface area contributed by atoms with E-state index in [1.807, 2.05) is 5.38 Å². The van der Waals surface area contributed by atoms with E-state index in [4.69, 9.17) is 9.53 Å². The second kappa shape index (κ2) is 6.62. The lowest BCUT2D eigenvalue weighted by molar-refractivity contribution is 0.109. The van der Waals surface area contributed by atoms with Gasteiger partial charge in [-0.3, -0.25) is 0 Å². The van der Waals surface area contributed by atoms with Crippen molar-refractivity contribution >= 4 is 21.1 Å². The molecule has 0 saturated heterocycles. The third-order valence-electron chi connectivity index (χ3n) is 3.43. The standard InChI is InChI=1S/C17H25NO2SSi/c1-16(2,3)22-20-17(4,5)13-8-6-12(7-9-13)14-11-21-15(10-19)18-14/h6-9,11,19H,10,22H2,1-5H3. The van der Waals surface area contributed by atoms with Crippen molar-refractivity contribution in [1.29, 1.82) is 0 Å². The van der Waals surface area contributed by atoms with Crippen LogP contribution >= 0.6 is 11.3 Å². The van der Waals surface area contributed by atoms with Crippen molar-refractivity contribution in [2.24, 2.45) is 0 Å². The first-order valence-corrected chi connectivity index (χ1v) is 9.68. The molecule has 0 fully saturated rings. The molecule has 1 aromatic heterocycles. The summed E-state index contributed by atoms with van der Waals surface area (Å²) in [5.41, 5.74) is 2.92. The molecule has 2 aromatic rings. The van der Waals surface area contributed by atoms with Gasteiger partial charge in [-0.25, -0.2) is 4.98 Å². The molecule has 120 valence electrons. The lowest BCUT2D eigenvalue weighted by Crippen LogP contribution is -2.27. The Morgan fingerprint density at radius 3 is 2.27 bits per heavy atom. The van der Waals surface area contributed by atoms with Gasteiger partial charge < -0.3 is 9.53 Å².